The topological polar surface area (TPSA) is 63.1 Å². The van der Waals surface area contributed by atoms with Crippen molar-refractivity contribution in [2.75, 3.05) is 0 Å². The third kappa shape index (κ3) is 3.36. The average molecular weight is 323 g/mol. The molecule has 0 amide bonds. The van der Waals surface area contributed by atoms with Crippen LogP contribution < -0.4 is 0 Å². The Morgan fingerprint density at radius 3 is 2.52 bits per heavy atom. The first-order valence-corrected chi connectivity index (χ1v) is 7.82. The van der Waals surface area contributed by atoms with Crippen molar-refractivity contribution < 1.29 is 9.90 Å². The molecule has 21 heavy (non-hydrogen) atoms. The van der Waals surface area contributed by atoms with E-state index in [0.717, 1.165) is 16.2 Å². The molecule has 0 saturated heterocycles. The third-order valence-corrected chi connectivity index (χ3v) is 4.57. The van der Waals surface area contributed by atoms with Crippen molar-refractivity contribution in [3.8, 4) is 0 Å². The summed E-state index contributed by atoms with van der Waals surface area (Å²) in [6, 6.07) is 7.27. The minimum absolute atomic E-state index is 0.231. The van der Waals surface area contributed by atoms with Crippen molar-refractivity contribution in [2.24, 2.45) is 0 Å². The molecule has 0 unspecified atom stereocenters. The van der Waals surface area contributed by atoms with Crippen molar-refractivity contribution in [3.63, 3.8) is 0 Å². The van der Waals surface area contributed by atoms with Gasteiger partial charge in [0, 0.05) is 4.90 Å². The molecule has 1 aromatic heterocycles. The first-order chi connectivity index (χ1) is 10.1. The van der Waals surface area contributed by atoms with Crippen molar-refractivity contribution in [2.45, 2.75) is 36.6 Å². The molecule has 0 fully saturated rings. The number of benzene rings is 1. The lowest BCUT2D eigenvalue weighted by Gasteiger charge is -2.12. The molecular weight excluding hydrogens is 308 g/mol. The number of carboxylic acid groups (broad SMARTS) is 1. The number of carbonyl (C=O) groups is 1. The first kappa shape index (κ1) is 15.8. The van der Waals surface area contributed by atoms with E-state index in [-0.39, 0.29) is 5.56 Å². The Balaban J connectivity index is 2.54. The normalized spacial score (nSPS) is 10.6. The van der Waals surface area contributed by atoms with Crippen molar-refractivity contribution in [1.82, 2.24) is 10.2 Å². The number of carboxylic acids is 1. The van der Waals surface area contributed by atoms with Gasteiger partial charge in [0.25, 0.3) is 0 Å². The van der Waals surface area contributed by atoms with E-state index in [1.807, 2.05) is 32.0 Å². The summed E-state index contributed by atoms with van der Waals surface area (Å²) >= 11 is 7.35. The Kier molecular flexibility index (Phi) is 5.20. The maximum Gasteiger partial charge on any atom is 0.338 e. The van der Waals surface area contributed by atoms with E-state index in [9.17, 15) is 9.90 Å². The number of aryl methyl sites for hydroxylation is 1. The van der Waals surface area contributed by atoms with Gasteiger partial charge in [-0.15, -0.1) is 5.10 Å². The lowest BCUT2D eigenvalue weighted by molar-refractivity contribution is 0.0690. The Hall–Kier alpha value is -1.59. The molecule has 1 N–H and O–H groups in total. The van der Waals surface area contributed by atoms with Gasteiger partial charge in [0.1, 0.15) is 5.03 Å². The summed E-state index contributed by atoms with van der Waals surface area (Å²) in [5, 5.41) is 18.7. The van der Waals surface area contributed by atoms with Gasteiger partial charge in [-0.3, -0.25) is 0 Å². The number of aromatic nitrogens is 2. The number of rotatable bonds is 5. The van der Waals surface area contributed by atoms with Crippen LogP contribution >= 0.6 is 23.4 Å². The van der Waals surface area contributed by atoms with E-state index in [2.05, 4.69) is 10.2 Å². The zero-order valence-electron chi connectivity index (χ0n) is 11.8. The van der Waals surface area contributed by atoms with Crippen LogP contribution in [0.2, 0.25) is 5.02 Å². The highest BCUT2D eigenvalue weighted by Crippen LogP contribution is 2.35. The van der Waals surface area contributed by atoms with E-state index < -0.39 is 5.97 Å². The van der Waals surface area contributed by atoms with Gasteiger partial charge in [-0.25, -0.2) is 4.79 Å². The molecule has 2 aromatic rings. The molecule has 1 aromatic carbocycles. The standard InChI is InChI=1S/C15H15ClN2O2S/c1-3-9-11(4-2)17-18-14(13(9)15(19)20)21-12-8-6-5-7-10(12)16/h5-8H,3-4H2,1-2H3,(H,19,20). The first-order valence-electron chi connectivity index (χ1n) is 6.62. The summed E-state index contributed by atoms with van der Waals surface area (Å²) in [6.45, 7) is 3.86. The van der Waals surface area contributed by atoms with Crippen molar-refractivity contribution in [1.29, 1.82) is 0 Å². The second-order valence-electron chi connectivity index (χ2n) is 4.35. The fourth-order valence-electron chi connectivity index (χ4n) is 2.08. The van der Waals surface area contributed by atoms with Gasteiger partial charge in [0.2, 0.25) is 0 Å². The van der Waals surface area contributed by atoms with E-state index in [0.29, 0.717) is 22.9 Å². The zero-order chi connectivity index (χ0) is 15.4. The number of hydrogen-bond donors (Lipinski definition) is 1. The third-order valence-electron chi connectivity index (χ3n) is 3.07. The summed E-state index contributed by atoms with van der Waals surface area (Å²) < 4.78 is 0. The quantitative estimate of drug-likeness (QED) is 0.897. The Bertz CT molecular complexity index is 677. The molecule has 0 spiro atoms. The van der Waals surface area contributed by atoms with Gasteiger partial charge in [-0.05, 0) is 30.5 Å². The number of nitrogens with zero attached hydrogens (tertiary/aromatic N) is 2. The van der Waals surface area contributed by atoms with Crippen molar-refractivity contribution >= 4 is 29.3 Å². The maximum absolute atomic E-state index is 11.6. The molecule has 1 heterocycles. The minimum Gasteiger partial charge on any atom is -0.478 e. The van der Waals surface area contributed by atoms with Gasteiger partial charge in [0.05, 0.1) is 16.3 Å². The minimum atomic E-state index is -0.981. The Morgan fingerprint density at radius 2 is 1.95 bits per heavy atom. The Morgan fingerprint density at radius 1 is 1.24 bits per heavy atom. The smallest absolute Gasteiger partial charge is 0.338 e. The summed E-state index contributed by atoms with van der Waals surface area (Å²) in [7, 11) is 0. The van der Waals surface area contributed by atoms with Crippen LogP contribution in [-0.4, -0.2) is 21.3 Å². The highest BCUT2D eigenvalue weighted by molar-refractivity contribution is 7.99. The van der Waals surface area contributed by atoms with Crippen LogP contribution in [-0.2, 0) is 12.8 Å². The predicted octanol–water partition coefficient (Wildman–Crippen LogP) is 4.10. The summed E-state index contributed by atoms with van der Waals surface area (Å²) in [5.41, 5.74) is 1.71. The molecular formula is C15H15ClN2O2S. The molecule has 6 heteroatoms. The molecule has 0 aliphatic rings. The number of hydrogen-bond acceptors (Lipinski definition) is 4. The lowest BCUT2D eigenvalue weighted by Crippen LogP contribution is -2.11. The van der Waals surface area contributed by atoms with E-state index in [1.54, 1.807) is 6.07 Å². The van der Waals surface area contributed by atoms with Crippen LogP contribution in [0.4, 0.5) is 0 Å². The number of aromatic carboxylic acids is 1. The van der Waals surface area contributed by atoms with Gasteiger partial charge < -0.3 is 5.11 Å². The largest absolute Gasteiger partial charge is 0.478 e. The fraction of sp³-hybridized carbons (Fsp3) is 0.267. The van der Waals surface area contributed by atoms with E-state index in [1.165, 1.54) is 11.8 Å². The lowest BCUT2D eigenvalue weighted by atomic mass is 10.0. The molecule has 0 aliphatic heterocycles. The fourth-order valence-corrected chi connectivity index (χ4v) is 3.24. The SMILES string of the molecule is CCc1nnc(Sc2ccccc2Cl)c(C(=O)O)c1CC. The summed E-state index contributed by atoms with van der Waals surface area (Å²) in [4.78, 5) is 12.4. The van der Waals surface area contributed by atoms with Gasteiger partial charge >= 0.3 is 5.97 Å². The van der Waals surface area contributed by atoms with E-state index in [4.69, 9.17) is 11.6 Å². The van der Waals surface area contributed by atoms with Crippen LogP contribution in [0.3, 0.4) is 0 Å². The van der Waals surface area contributed by atoms with Crippen LogP contribution in [0.15, 0.2) is 34.2 Å². The maximum atomic E-state index is 11.6. The monoisotopic (exact) mass is 322 g/mol. The zero-order valence-corrected chi connectivity index (χ0v) is 13.3. The summed E-state index contributed by atoms with van der Waals surface area (Å²) in [5.74, 6) is -0.981. The van der Waals surface area contributed by atoms with Crippen LogP contribution in [0.5, 0.6) is 0 Å². The predicted molar refractivity (Wildman–Crippen MR) is 83.3 cm³/mol. The van der Waals surface area contributed by atoms with Crippen LogP contribution in [0.25, 0.3) is 0 Å². The molecule has 0 radical (unpaired) electrons. The molecule has 4 nitrogen and oxygen atoms in total. The molecule has 110 valence electrons. The van der Waals surface area contributed by atoms with Gasteiger partial charge in [-0.2, -0.15) is 5.10 Å². The van der Waals surface area contributed by atoms with Crippen LogP contribution in [0.1, 0.15) is 35.5 Å². The van der Waals surface area contributed by atoms with Gasteiger partial charge in [0.15, 0.2) is 0 Å². The average Bonchev–Trinajstić information content (AvgIpc) is 2.48. The Labute approximate surface area is 132 Å². The highest BCUT2D eigenvalue weighted by atomic mass is 35.5. The second-order valence-corrected chi connectivity index (χ2v) is 5.79. The molecule has 0 saturated carbocycles. The molecule has 0 atom stereocenters. The summed E-state index contributed by atoms with van der Waals surface area (Å²) in [6.07, 6.45) is 1.27. The molecule has 0 aliphatic carbocycles. The van der Waals surface area contributed by atoms with Crippen LogP contribution in [0, 0.1) is 0 Å². The van der Waals surface area contributed by atoms with Crippen molar-refractivity contribution in [3.05, 3.63) is 46.1 Å². The molecule has 0 bridgehead atoms. The number of halogens is 1. The molecule has 2 rings (SSSR count). The second kappa shape index (κ2) is 6.91. The highest BCUT2D eigenvalue weighted by Gasteiger charge is 2.21. The van der Waals surface area contributed by atoms with Gasteiger partial charge in [-0.1, -0.05) is 49.3 Å². The van der Waals surface area contributed by atoms with E-state index >= 15 is 0 Å².